The van der Waals surface area contributed by atoms with Crippen molar-refractivity contribution >= 4 is 5.91 Å². The number of fused-ring (bicyclic) bond motifs is 1. The molecule has 0 bridgehead atoms. The molecule has 0 spiro atoms. The number of halogens is 2. The van der Waals surface area contributed by atoms with Crippen LogP contribution in [0.4, 0.5) is 8.78 Å². The summed E-state index contributed by atoms with van der Waals surface area (Å²) in [5, 5.41) is 10.6. The van der Waals surface area contributed by atoms with Crippen molar-refractivity contribution in [2.45, 2.75) is 37.9 Å². The molecule has 166 valence electrons. The van der Waals surface area contributed by atoms with E-state index in [9.17, 15) is 18.7 Å². The average Bonchev–Trinajstić information content (AvgIpc) is 3.17. The van der Waals surface area contributed by atoms with Crippen LogP contribution in [0.25, 0.3) is 0 Å². The Kier molecular flexibility index (Phi) is 6.53. The number of carbonyl (C=O) groups is 1. The number of amides is 1. The lowest BCUT2D eigenvalue weighted by atomic mass is 9.78. The highest BCUT2D eigenvalue weighted by atomic mass is 19.1. The summed E-state index contributed by atoms with van der Waals surface area (Å²) in [5.41, 5.74) is 6.54. The van der Waals surface area contributed by atoms with E-state index in [4.69, 9.17) is 10.5 Å². The van der Waals surface area contributed by atoms with E-state index in [0.29, 0.717) is 44.6 Å². The Morgan fingerprint density at radius 1 is 1.10 bits per heavy atom. The first-order valence-corrected chi connectivity index (χ1v) is 10.8. The number of hydrogen-bond acceptors (Lipinski definition) is 4. The van der Waals surface area contributed by atoms with Gasteiger partial charge in [-0.05, 0) is 86.0 Å². The second-order valence-corrected chi connectivity index (χ2v) is 8.59. The predicted octanol–water partition coefficient (Wildman–Crippen LogP) is 3.15. The zero-order chi connectivity index (χ0) is 22.0. The van der Waals surface area contributed by atoms with Crippen LogP contribution in [0.2, 0.25) is 0 Å². The van der Waals surface area contributed by atoms with E-state index in [-0.39, 0.29) is 29.1 Å². The maximum absolute atomic E-state index is 14.4. The van der Waals surface area contributed by atoms with Crippen LogP contribution in [0, 0.1) is 23.5 Å². The number of ether oxygens (including phenoxy) is 1. The third kappa shape index (κ3) is 4.88. The normalized spacial score (nSPS) is 25.4. The van der Waals surface area contributed by atoms with Gasteiger partial charge < -0.3 is 20.5 Å². The second kappa shape index (κ2) is 9.32. The van der Waals surface area contributed by atoms with Gasteiger partial charge in [0.15, 0.2) is 0 Å². The fourth-order valence-electron chi connectivity index (χ4n) is 4.74. The molecule has 31 heavy (non-hydrogen) atoms. The van der Waals surface area contributed by atoms with Crippen LogP contribution in [-0.2, 0) is 6.42 Å². The lowest BCUT2D eigenvalue weighted by molar-refractivity contribution is -0.0231. The van der Waals surface area contributed by atoms with E-state index < -0.39 is 18.0 Å². The monoisotopic (exact) mass is 430 g/mol. The molecule has 0 radical (unpaired) electrons. The Balaban J connectivity index is 1.42. The number of nitrogens with zero attached hydrogens (tertiary/aromatic N) is 1. The summed E-state index contributed by atoms with van der Waals surface area (Å²) >= 11 is 0. The van der Waals surface area contributed by atoms with Gasteiger partial charge in [-0.2, -0.15) is 0 Å². The Morgan fingerprint density at radius 3 is 2.52 bits per heavy atom. The van der Waals surface area contributed by atoms with E-state index in [1.54, 1.807) is 29.2 Å². The van der Waals surface area contributed by atoms with Crippen molar-refractivity contribution < 1.29 is 23.4 Å². The summed E-state index contributed by atoms with van der Waals surface area (Å²) in [4.78, 5) is 14.7. The fraction of sp³-hybridized carbons (Fsp3) is 0.458. The molecular formula is C24H28F2N2O3. The number of benzene rings is 2. The van der Waals surface area contributed by atoms with Gasteiger partial charge in [-0.3, -0.25) is 4.79 Å². The molecule has 2 aliphatic rings. The van der Waals surface area contributed by atoms with Gasteiger partial charge in [-0.15, -0.1) is 0 Å². The molecule has 2 aromatic carbocycles. The number of rotatable bonds is 6. The number of carbonyl (C=O) groups excluding carboxylic acids is 1. The average molecular weight is 430 g/mol. The molecular weight excluding hydrogens is 402 g/mol. The molecule has 1 heterocycles. The number of hydrogen-bond donors (Lipinski definition) is 2. The smallest absolute Gasteiger partial charge is 0.256 e. The SMILES string of the molecule is NCCCc1ccc(F)c(C(=O)N2C[C@H]3C[C@@H](Oc4ccc(F)cc4)[C@H](O)C[C@H]3C2)c1. The summed E-state index contributed by atoms with van der Waals surface area (Å²) < 4.78 is 33.4. The van der Waals surface area contributed by atoms with Gasteiger partial charge in [-0.25, -0.2) is 8.78 Å². The van der Waals surface area contributed by atoms with E-state index in [2.05, 4.69) is 0 Å². The van der Waals surface area contributed by atoms with Gasteiger partial charge in [0.25, 0.3) is 5.91 Å². The van der Waals surface area contributed by atoms with Crippen LogP contribution in [0.3, 0.4) is 0 Å². The summed E-state index contributed by atoms with van der Waals surface area (Å²) in [5.74, 6) is -0.357. The highest BCUT2D eigenvalue weighted by Crippen LogP contribution is 2.38. The molecule has 1 amide bonds. The third-order valence-electron chi connectivity index (χ3n) is 6.40. The Hall–Kier alpha value is -2.51. The Bertz CT molecular complexity index is 922. The highest BCUT2D eigenvalue weighted by Gasteiger charge is 2.44. The molecule has 5 nitrogen and oxygen atoms in total. The van der Waals surface area contributed by atoms with Gasteiger partial charge in [-0.1, -0.05) is 6.07 Å². The first-order valence-electron chi connectivity index (χ1n) is 10.8. The van der Waals surface area contributed by atoms with Crippen LogP contribution in [0.15, 0.2) is 42.5 Å². The third-order valence-corrected chi connectivity index (χ3v) is 6.40. The number of likely N-dealkylation sites (tertiary alicyclic amines) is 1. The maximum Gasteiger partial charge on any atom is 0.256 e. The van der Waals surface area contributed by atoms with Gasteiger partial charge in [0, 0.05) is 13.1 Å². The molecule has 1 saturated carbocycles. The number of aliphatic hydroxyl groups is 1. The zero-order valence-corrected chi connectivity index (χ0v) is 17.3. The van der Waals surface area contributed by atoms with E-state index in [0.717, 1.165) is 12.0 Å². The molecule has 1 saturated heterocycles. The van der Waals surface area contributed by atoms with Crippen LogP contribution in [0.1, 0.15) is 35.2 Å². The Morgan fingerprint density at radius 2 is 1.81 bits per heavy atom. The molecule has 1 aliphatic carbocycles. The van der Waals surface area contributed by atoms with Crippen molar-refractivity contribution in [3.63, 3.8) is 0 Å². The standard InChI is InChI=1S/C24H28F2N2O3/c25-18-4-6-19(7-5-18)31-23-12-17-14-28(13-16(17)11-22(23)29)24(30)20-10-15(2-1-9-27)3-8-21(20)26/h3-8,10,16-17,22-23,29H,1-2,9,11-14,27H2/t16-,17+,22+,23+/m0/s1. The first kappa shape index (κ1) is 21.7. The molecule has 2 fully saturated rings. The van der Waals surface area contributed by atoms with E-state index >= 15 is 0 Å². The highest BCUT2D eigenvalue weighted by molar-refractivity contribution is 5.95. The van der Waals surface area contributed by atoms with Crippen LogP contribution in [0.5, 0.6) is 5.75 Å². The molecule has 7 heteroatoms. The van der Waals surface area contributed by atoms with Crippen LogP contribution < -0.4 is 10.5 Å². The fourth-order valence-corrected chi connectivity index (χ4v) is 4.74. The van der Waals surface area contributed by atoms with Gasteiger partial charge in [0.2, 0.25) is 0 Å². The van der Waals surface area contributed by atoms with Crippen LogP contribution >= 0.6 is 0 Å². The summed E-state index contributed by atoms with van der Waals surface area (Å²) in [6.07, 6.45) is 1.50. The van der Waals surface area contributed by atoms with E-state index in [1.807, 2.05) is 0 Å². The van der Waals surface area contributed by atoms with Crippen molar-refractivity contribution in [2.24, 2.45) is 17.6 Å². The minimum Gasteiger partial charge on any atom is -0.488 e. The number of nitrogens with two attached hydrogens (primary N) is 1. The Labute approximate surface area is 180 Å². The maximum atomic E-state index is 14.4. The summed E-state index contributed by atoms with van der Waals surface area (Å²) in [6, 6.07) is 10.4. The van der Waals surface area contributed by atoms with Crippen molar-refractivity contribution in [3.8, 4) is 5.75 Å². The van der Waals surface area contributed by atoms with Crippen LogP contribution in [-0.4, -0.2) is 47.8 Å². The largest absolute Gasteiger partial charge is 0.488 e. The van der Waals surface area contributed by atoms with E-state index in [1.165, 1.54) is 18.2 Å². The summed E-state index contributed by atoms with van der Waals surface area (Å²) in [7, 11) is 0. The number of aliphatic hydroxyl groups excluding tert-OH is 1. The molecule has 0 aromatic heterocycles. The van der Waals surface area contributed by atoms with Gasteiger partial charge in [0.1, 0.15) is 23.5 Å². The van der Waals surface area contributed by atoms with Gasteiger partial charge in [0.05, 0.1) is 11.7 Å². The van der Waals surface area contributed by atoms with Crippen molar-refractivity contribution in [3.05, 3.63) is 65.2 Å². The zero-order valence-electron chi connectivity index (χ0n) is 17.3. The predicted molar refractivity (Wildman–Crippen MR) is 113 cm³/mol. The van der Waals surface area contributed by atoms with Crippen molar-refractivity contribution in [1.82, 2.24) is 4.90 Å². The minimum absolute atomic E-state index is 0.0906. The molecule has 4 atom stereocenters. The van der Waals surface area contributed by atoms with Gasteiger partial charge >= 0.3 is 0 Å². The van der Waals surface area contributed by atoms with Crippen molar-refractivity contribution in [1.29, 1.82) is 0 Å². The molecule has 4 rings (SSSR count). The molecule has 2 aromatic rings. The molecule has 1 aliphatic heterocycles. The van der Waals surface area contributed by atoms with Crippen molar-refractivity contribution in [2.75, 3.05) is 19.6 Å². The molecule has 3 N–H and O–H groups in total. The topological polar surface area (TPSA) is 75.8 Å². The molecule has 0 unspecified atom stereocenters. The number of aryl methyl sites for hydroxylation is 1. The first-order chi connectivity index (χ1) is 14.9. The second-order valence-electron chi connectivity index (χ2n) is 8.59. The lowest BCUT2D eigenvalue weighted by Crippen LogP contribution is -2.42. The quantitative estimate of drug-likeness (QED) is 0.738. The lowest BCUT2D eigenvalue weighted by Gasteiger charge is -2.35. The minimum atomic E-state index is -0.669. The summed E-state index contributed by atoms with van der Waals surface area (Å²) in [6.45, 7) is 1.54.